The minimum absolute atomic E-state index is 0.130. The molecule has 2 aromatic carbocycles. The first-order valence-electron chi connectivity index (χ1n) is 10.2. The normalized spacial score (nSPS) is 21.2. The van der Waals surface area contributed by atoms with Gasteiger partial charge in [-0.1, -0.05) is 37.3 Å². The highest BCUT2D eigenvalue weighted by atomic mass is 16.5. The summed E-state index contributed by atoms with van der Waals surface area (Å²) in [6.07, 6.45) is 5.02. The molecule has 146 valence electrons. The van der Waals surface area contributed by atoms with Crippen LogP contribution in [0.4, 0.5) is 0 Å². The van der Waals surface area contributed by atoms with Crippen LogP contribution >= 0.6 is 0 Å². The van der Waals surface area contributed by atoms with Crippen LogP contribution in [0.3, 0.4) is 0 Å². The van der Waals surface area contributed by atoms with Crippen molar-refractivity contribution in [1.29, 1.82) is 0 Å². The number of hydrogen-bond acceptors (Lipinski definition) is 3. The molecule has 1 aliphatic heterocycles. The number of aryl methyl sites for hydroxylation is 1. The van der Waals surface area contributed by atoms with E-state index in [1.165, 1.54) is 5.56 Å². The van der Waals surface area contributed by atoms with Crippen LogP contribution in [0.1, 0.15) is 62.6 Å². The van der Waals surface area contributed by atoms with Crippen LogP contribution in [-0.2, 0) is 11.2 Å². The molecule has 1 aliphatic carbocycles. The standard InChI is InChI=1S/C25H28O3/c1-16(9-10-17-7-5-4-6-8-17)18-13-22(27)24-20-15-19(26)11-12-21(20)25(2,3)28-23(24)14-18/h4-8,13-16,21,27H,9-12H2,1-3H3. The van der Waals surface area contributed by atoms with Crippen molar-refractivity contribution < 1.29 is 14.6 Å². The number of benzene rings is 2. The van der Waals surface area contributed by atoms with Gasteiger partial charge in [0.1, 0.15) is 17.1 Å². The minimum Gasteiger partial charge on any atom is -0.507 e. The molecular formula is C25H28O3. The molecule has 0 radical (unpaired) electrons. The first-order valence-corrected chi connectivity index (χ1v) is 10.2. The predicted molar refractivity (Wildman–Crippen MR) is 112 cm³/mol. The molecule has 0 amide bonds. The SMILES string of the molecule is CC(CCc1ccccc1)c1cc(O)c2c(c1)OC(C)(C)C1CCC(=O)C=C21. The molecule has 0 saturated carbocycles. The highest BCUT2D eigenvalue weighted by molar-refractivity contribution is 6.01. The second-order valence-electron chi connectivity index (χ2n) is 8.70. The summed E-state index contributed by atoms with van der Waals surface area (Å²) < 4.78 is 6.35. The quantitative estimate of drug-likeness (QED) is 0.749. The highest BCUT2D eigenvalue weighted by Gasteiger charge is 2.43. The van der Waals surface area contributed by atoms with E-state index in [9.17, 15) is 9.90 Å². The molecule has 1 heterocycles. The van der Waals surface area contributed by atoms with Crippen LogP contribution in [-0.4, -0.2) is 16.5 Å². The second kappa shape index (κ2) is 7.12. The number of hydrogen-bond donors (Lipinski definition) is 1. The summed E-state index contributed by atoms with van der Waals surface area (Å²) in [4.78, 5) is 12.0. The van der Waals surface area contributed by atoms with E-state index in [1.54, 1.807) is 6.08 Å². The smallest absolute Gasteiger partial charge is 0.156 e. The molecule has 3 nitrogen and oxygen atoms in total. The average molecular weight is 376 g/mol. The van der Waals surface area contributed by atoms with Crippen molar-refractivity contribution in [2.75, 3.05) is 0 Å². The van der Waals surface area contributed by atoms with Crippen molar-refractivity contribution in [1.82, 2.24) is 0 Å². The van der Waals surface area contributed by atoms with Crippen molar-refractivity contribution in [2.24, 2.45) is 5.92 Å². The molecule has 0 aromatic heterocycles. The molecule has 1 N–H and O–H groups in total. The Morgan fingerprint density at radius 1 is 1.21 bits per heavy atom. The first-order chi connectivity index (χ1) is 13.3. The lowest BCUT2D eigenvalue weighted by Gasteiger charge is -2.43. The first kappa shape index (κ1) is 18.8. The zero-order valence-electron chi connectivity index (χ0n) is 16.9. The van der Waals surface area contributed by atoms with Gasteiger partial charge in [-0.3, -0.25) is 4.79 Å². The van der Waals surface area contributed by atoms with Crippen molar-refractivity contribution in [3.63, 3.8) is 0 Å². The van der Waals surface area contributed by atoms with Crippen LogP contribution in [0, 0.1) is 5.92 Å². The third-order valence-corrected chi connectivity index (χ3v) is 6.25. The Balaban J connectivity index is 1.65. The molecule has 2 unspecified atom stereocenters. The number of aromatic hydroxyl groups is 1. The van der Waals surface area contributed by atoms with E-state index >= 15 is 0 Å². The molecule has 2 aliphatic rings. The molecule has 0 bridgehead atoms. The van der Waals surface area contributed by atoms with Gasteiger partial charge >= 0.3 is 0 Å². The second-order valence-corrected chi connectivity index (χ2v) is 8.70. The Morgan fingerprint density at radius 3 is 2.71 bits per heavy atom. The van der Waals surface area contributed by atoms with Gasteiger partial charge in [-0.05, 0) is 73.9 Å². The van der Waals surface area contributed by atoms with Crippen molar-refractivity contribution in [3.8, 4) is 11.5 Å². The summed E-state index contributed by atoms with van der Waals surface area (Å²) in [5.41, 5.74) is 3.64. The Morgan fingerprint density at radius 2 is 1.96 bits per heavy atom. The third kappa shape index (κ3) is 3.46. The predicted octanol–water partition coefficient (Wildman–Crippen LogP) is 5.66. The van der Waals surface area contributed by atoms with E-state index in [4.69, 9.17) is 4.74 Å². The van der Waals surface area contributed by atoms with Gasteiger partial charge in [0.25, 0.3) is 0 Å². The summed E-state index contributed by atoms with van der Waals surface area (Å²) >= 11 is 0. The molecule has 28 heavy (non-hydrogen) atoms. The lowest BCUT2D eigenvalue weighted by molar-refractivity contribution is -0.115. The van der Waals surface area contributed by atoms with Gasteiger partial charge < -0.3 is 9.84 Å². The largest absolute Gasteiger partial charge is 0.507 e. The van der Waals surface area contributed by atoms with Gasteiger partial charge in [-0.2, -0.15) is 0 Å². The highest BCUT2D eigenvalue weighted by Crippen LogP contribution is 2.52. The van der Waals surface area contributed by atoms with Crippen LogP contribution in [0.2, 0.25) is 0 Å². The number of phenols is 1. The minimum atomic E-state index is -0.391. The van der Waals surface area contributed by atoms with Crippen molar-refractivity contribution in [3.05, 3.63) is 65.2 Å². The Kier molecular flexibility index (Phi) is 4.78. The lowest BCUT2D eigenvalue weighted by atomic mass is 9.72. The van der Waals surface area contributed by atoms with Crippen LogP contribution in [0.25, 0.3) is 5.57 Å². The Labute approximate surface area is 167 Å². The summed E-state index contributed by atoms with van der Waals surface area (Å²) in [5.74, 6) is 1.48. The van der Waals surface area contributed by atoms with Gasteiger partial charge in [0.2, 0.25) is 0 Å². The fourth-order valence-corrected chi connectivity index (χ4v) is 4.58. The van der Waals surface area contributed by atoms with Gasteiger partial charge in [-0.15, -0.1) is 0 Å². The number of rotatable bonds is 4. The Bertz CT molecular complexity index is 924. The van der Waals surface area contributed by atoms with Crippen molar-refractivity contribution in [2.45, 2.75) is 58.0 Å². The van der Waals surface area contributed by atoms with E-state index in [1.807, 2.05) is 12.1 Å². The summed E-state index contributed by atoms with van der Waals surface area (Å²) in [7, 11) is 0. The van der Waals surface area contributed by atoms with E-state index in [-0.39, 0.29) is 17.5 Å². The Hall–Kier alpha value is -2.55. The fourth-order valence-electron chi connectivity index (χ4n) is 4.58. The number of allylic oxidation sites excluding steroid dienone is 1. The zero-order valence-corrected chi connectivity index (χ0v) is 16.9. The molecule has 0 saturated heterocycles. The van der Waals surface area contributed by atoms with Gasteiger partial charge in [0.05, 0.1) is 5.56 Å². The topological polar surface area (TPSA) is 46.5 Å². The maximum absolute atomic E-state index is 12.0. The molecule has 0 spiro atoms. The van der Waals surface area contributed by atoms with E-state index in [2.05, 4.69) is 51.1 Å². The van der Waals surface area contributed by atoms with Crippen LogP contribution < -0.4 is 4.74 Å². The summed E-state index contributed by atoms with van der Waals surface area (Å²) in [6, 6.07) is 14.4. The van der Waals surface area contributed by atoms with Crippen molar-refractivity contribution >= 4 is 11.4 Å². The van der Waals surface area contributed by atoms with E-state index in [0.29, 0.717) is 23.7 Å². The number of phenolic OH excluding ortho intramolecular Hbond substituents is 1. The average Bonchev–Trinajstić information content (AvgIpc) is 2.65. The molecular weight excluding hydrogens is 348 g/mol. The molecule has 0 fully saturated rings. The molecule has 2 aromatic rings. The number of carbonyl (C=O) groups is 1. The fraction of sp³-hybridized carbons (Fsp3) is 0.400. The number of ketones is 1. The van der Waals surface area contributed by atoms with Crippen LogP contribution in [0.15, 0.2) is 48.5 Å². The van der Waals surface area contributed by atoms with Gasteiger partial charge in [0, 0.05) is 12.3 Å². The lowest BCUT2D eigenvalue weighted by Crippen LogP contribution is -2.43. The number of carbonyl (C=O) groups excluding carboxylic acids is 1. The summed E-state index contributed by atoms with van der Waals surface area (Å²) in [5, 5.41) is 10.8. The molecule has 3 heteroatoms. The maximum Gasteiger partial charge on any atom is 0.156 e. The van der Waals surface area contributed by atoms with Crippen LogP contribution in [0.5, 0.6) is 11.5 Å². The monoisotopic (exact) mass is 376 g/mol. The molecule has 2 atom stereocenters. The third-order valence-electron chi connectivity index (χ3n) is 6.25. The molecule has 4 rings (SSSR count). The summed E-state index contributed by atoms with van der Waals surface area (Å²) in [6.45, 7) is 6.34. The zero-order chi connectivity index (χ0) is 19.9. The van der Waals surface area contributed by atoms with E-state index < -0.39 is 5.60 Å². The van der Waals surface area contributed by atoms with E-state index in [0.717, 1.165) is 30.4 Å². The maximum atomic E-state index is 12.0. The number of fused-ring (bicyclic) bond motifs is 3. The number of ether oxygens (including phenoxy) is 1. The van der Waals surface area contributed by atoms with Gasteiger partial charge in [0.15, 0.2) is 5.78 Å². The van der Waals surface area contributed by atoms with Gasteiger partial charge in [-0.25, -0.2) is 0 Å².